The van der Waals surface area contributed by atoms with Gasteiger partial charge in [0.25, 0.3) is 0 Å². The zero-order valence-electron chi connectivity index (χ0n) is 9.84. The van der Waals surface area contributed by atoms with Crippen molar-refractivity contribution in [3.63, 3.8) is 0 Å². The Bertz CT molecular complexity index is 386. The quantitative estimate of drug-likeness (QED) is 0.844. The van der Waals surface area contributed by atoms with Crippen molar-refractivity contribution in [1.29, 1.82) is 0 Å². The monoisotopic (exact) mass is 248 g/mol. The van der Waals surface area contributed by atoms with E-state index in [-0.39, 0.29) is 5.56 Å². The minimum absolute atomic E-state index is 0.252. The van der Waals surface area contributed by atoms with Crippen LogP contribution in [0.1, 0.15) is 31.9 Å². The highest BCUT2D eigenvalue weighted by atomic mass is 19.4. The summed E-state index contributed by atoms with van der Waals surface area (Å²) in [6, 6.07) is 5.08. The standard InChI is InChI=1S/C12H15F3O2/c1-10(2,16)8-4-6-9(7-5-8)11(3,17)12(13,14)15/h4-7,16-17H,1-3H3. The molecule has 2 N–H and O–H groups in total. The van der Waals surface area contributed by atoms with Gasteiger partial charge in [-0.1, -0.05) is 24.3 Å². The van der Waals surface area contributed by atoms with E-state index < -0.39 is 17.4 Å². The maximum atomic E-state index is 12.6. The van der Waals surface area contributed by atoms with E-state index in [1.54, 1.807) is 0 Å². The average molecular weight is 248 g/mol. The van der Waals surface area contributed by atoms with Crippen molar-refractivity contribution in [2.24, 2.45) is 0 Å². The van der Waals surface area contributed by atoms with Crippen molar-refractivity contribution in [1.82, 2.24) is 0 Å². The molecule has 1 unspecified atom stereocenters. The first-order valence-electron chi connectivity index (χ1n) is 5.09. The summed E-state index contributed by atoms with van der Waals surface area (Å²) in [5, 5.41) is 19.1. The molecule has 2 nitrogen and oxygen atoms in total. The lowest BCUT2D eigenvalue weighted by molar-refractivity contribution is -0.258. The van der Waals surface area contributed by atoms with Gasteiger partial charge in [-0.05, 0) is 31.9 Å². The predicted octanol–water partition coefficient (Wildman–Crippen LogP) is 2.68. The largest absolute Gasteiger partial charge is 0.421 e. The molecule has 1 aromatic carbocycles. The summed E-state index contributed by atoms with van der Waals surface area (Å²) in [6.07, 6.45) is -4.73. The molecule has 1 rings (SSSR count). The number of hydrogen-bond acceptors (Lipinski definition) is 2. The third-order valence-corrected chi connectivity index (χ3v) is 2.71. The average Bonchev–Trinajstić information content (AvgIpc) is 2.15. The summed E-state index contributed by atoms with van der Waals surface area (Å²) in [5.74, 6) is 0. The second-order valence-electron chi connectivity index (χ2n) is 4.71. The lowest BCUT2D eigenvalue weighted by atomic mass is 9.91. The highest BCUT2D eigenvalue weighted by Crippen LogP contribution is 2.38. The molecular formula is C12H15F3O2. The van der Waals surface area contributed by atoms with Crippen molar-refractivity contribution < 1.29 is 23.4 Å². The van der Waals surface area contributed by atoms with Crippen molar-refractivity contribution in [2.75, 3.05) is 0 Å². The smallest absolute Gasteiger partial charge is 0.386 e. The molecule has 1 atom stereocenters. The third kappa shape index (κ3) is 2.79. The Morgan fingerprint density at radius 3 is 1.47 bits per heavy atom. The molecule has 1 aromatic rings. The molecule has 0 radical (unpaired) electrons. The normalized spacial score (nSPS) is 16.7. The van der Waals surface area contributed by atoms with Crippen LogP contribution in [-0.4, -0.2) is 16.4 Å². The van der Waals surface area contributed by atoms with Crippen LogP contribution >= 0.6 is 0 Å². The summed E-state index contributed by atoms with van der Waals surface area (Å²) in [7, 11) is 0. The lowest BCUT2D eigenvalue weighted by Crippen LogP contribution is -2.39. The van der Waals surface area contributed by atoms with Gasteiger partial charge in [0, 0.05) is 0 Å². The van der Waals surface area contributed by atoms with Gasteiger partial charge in [-0.25, -0.2) is 0 Å². The molecule has 0 heterocycles. The van der Waals surface area contributed by atoms with Gasteiger partial charge in [-0.2, -0.15) is 13.2 Å². The second kappa shape index (κ2) is 3.99. The van der Waals surface area contributed by atoms with E-state index in [1.165, 1.54) is 38.1 Å². The van der Waals surface area contributed by atoms with E-state index in [9.17, 15) is 23.4 Å². The number of benzene rings is 1. The second-order valence-corrected chi connectivity index (χ2v) is 4.71. The van der Waals surface area contributed by atoms with Crippen LogP contribution in [0, 0.1) is 0 Å². The fourth-order valence-electron chi connectivity index (χ4n) is 1.37. The van der Waals surface area contributed by atoms with E-state index >= 15 is 0 Å². The van der Waals surface area contributed by atoms with Crippen LogP contribution in [0.4, 0.5) is 13.2 Å². The predicted molar refractivity (Wildman–Crippen MR) is 57.3 cm³/mol. The van der Waals surface area contributed by atoms with Gasteiger partial charge in [0.2, 0.25) is 0 Å². The fraction of sp³-hybridized carbons (Fsp3) is 0.500. The van der Waals surface area contributed by atoms with Crippen LogP contribution in [0.25, 0.3) is 0 Å². The van der Waals surface area contributed by atoms with Crippen molar-refractivity contribution in [3.05, 3.63) is 35.4 Å². The van der Waals surface area contributed by atoms with Crippen molar-refractivity contribution >= 4 is 0 Å². The molecule has 0 aliphatic heterocycles. The maximum absolute atomic E-state index is 12.6. The molecule has 0 saturated heterocycles. The van der Waals surface area contributed by atoms with Gasteiger partial charge in [0.05, 0.1) is 5.60 Å². The van der Waals surface area contributed by atoms with Gasteiger partial charge < -0.3 is 10.2 Å². The molecule has 0 saturated carbocycles. The Morgan fingerprint density at radius 1 is 0.824 bits per heavy atom. The molecule has 17 heavy (non-hydrogen) atoms. The SMILES string of the molecule is CC(C)(O)c1ccc(C(C)(O)C(F)(F)F)cc1. The van der Waals surface area contributed by atoms with Crippen molar-refractivity contribution in [2.45, 2.75) is 38.1 Å². The van der Waals surface area contributed by atoms with Crippen LogP contribution < -0.4 is 0 Å². The van der Waals surface area contributed by atoms with E-state index in [4.69, 9.17) is 0 Å². The summed E-state index contributed by atoms with van der Waals surface area (Å²) >= 11 is 0. The van der Waals surface area contributed by atoms with Gasteiger partial charge in [0.15, 0.2) is 5.60 Å². The number of rotatable bonds is 2. The molecule has 0 bridgehead atoms. The van der Waals surface area contributed by atoms with Crippen LogP contribution in [0.2, 0.25) is 0 Å². The first-order chi connectivity index (χ1) is 7.46. The zero-order chi connectivity index (χ0) is 13.5. The summed E-state index contributed by atoms with van der Waals surface area (Å²) in [5.41, 5.74) is -3.77. The van der Waals surface area contributed by atoms with Gasteiger partial charge in [0.1, 0.15) is 0 Å². The first-order valence-corrected chi connectivity index (χ1v) is 5.09. The first kappa shape index (κ1) is 14.0. The topological polar surface area (TPSA) is 40.5 Å². The minimum atomic E-state index is -4.73. The zero-order valence-corrected chi connectivity index (χ0v) is 9.84. The maximum Gasteiger partial charge on any atom is 0.421 e. The number of halogens is 3. The molecule has 0 aromatic heterocycles. The van der Waals surface area contributed by atoms with Gasteiger partial charge in [-0.15, -0.1) is 0 Å². The fourth-order valence-corrected chi connectivity index (χ4v) is 1.37. The molecule has 0 aliphatic carbocycles. The molecule has 0 aliphatic rings. The lowest BCUT2D eigenvalue weighted by Gasteiger charge is -2.27. The van der Waals surface area contributed by atoms with Crippen molar-refractivity contribution in [3.8, 4) is 0 Å². The summed E-state index contributed by atoms with van der Waals surface area (Å²) < 4.78 is 37.7. The Labute approximate surface area is 97.7 Å². The van der Waals surface area contributed by atoms with E-state index in [2.05, 4.69) is 0 Å². The Hall–Kier alpha value is -1.07. The van der Waals surface area contributed by atoms with Gasteiger partial charge in [-0.3, -0.25) is 0 Å². The number of aliphatic hydroxyl groups is 2. The molecule has 0 spiro atoms. The molecule has 96 valence electrons. The Balaban J connectivity index is 3.12. The van der Waals surface area contributed by atoms with Crippen LogP contribution in [0.15, 0.2) is 24.3 Å². The molecule has 0 fully saturated rings. The number of hydrogen-bond donors (Lipinski definition) is 2. The molecular weight excluding hydrogens is 233 g/mol. The minimum Gasteiger partial charge on any atom is -0.386 e. The van der Waals surface area contributed by atoms with Crippen LogP contribution in [-0.2, 0) is 11.2 Å². The highest BCUT2D eigenvalue weighted by molar-refractivity contribution is 5.30. The van der Waals surface area contributed by atoms with Gasteiger partial charge >= 0.3 is 6.18 Å². The summed E-state index contributed by atoms with van der Waals surface area (Å²) in [4.78, 5) is 0. The highest BCUT2D eigenvalue weighted by Gasteiger charge is 2.51. The van der Waals surface area contributed by atoms with E-state index in [0.717, 1.165) is 0 Å². The third-order valence-electron chi connectivity index (χ3n) is 2.71. The molecule has 5 heteroatoms. The van der Waals surface area contributed by atoms with Crippen LogP contribution in [0.3, 0.4) is 0 Å². The van der Waals surface area contributed by atoms with Crippen LogP contribution in [0.5, 0.6) is 0 Å². The van der Waals surface area contributed by atoms with E-state index in [0.29, 0.717) is 12.5 Å². The molecule has 0 amide bonds. The Morgan fingerprint density at radius 2 is 1.18 bits per heavy atom. The summed E-state index contributed by atoms with van der Waals surface area (Å²) in [6.45, 7) is 3.76. The Kier molecular flexibility index (Phi) is 3.29. The number of alkyl halides is 3. The van der Waals surface area contributed by atoms with E-state index in [1.807, 2.05) is 0 Å².